The fourth-order valence-electron chi connectivity index (χ4n) is 3.50. The standard InChI is InChI=1S/C21H34N4O3/c1-20(2,3)25-17(13-16(23-25)14-7-8-14)18(26)24-11-9-15(10-12-24)22-19(27)28-21(4,5)6/h13-15H,7-12H2,1-6H3,(H,22,27). The number of ether oxygens (including phenoxy) is 1. The molecule has 7 heteroatoms. The highest BCUT2D eigenvalue weighted by Crippen LogP contribution is 2.40. The molecule has 1 N–H and O–H groups in total. The van der Waals surface area contributed by atoms with Crippen molar-refractivity contribution in [3.63, 3.8) is 0 Å². The molecule has 1 aliphatic heterocycles. The summed E-state index contributed by atoms with van der Waals surface area (Å²) < 4.78 is 7.21. The molecule has 1 saturated heterocycles. The lowest BCUT2D eigenvalue weighted by Gasteiger charge is -2.33. The molecule has 0 aromatic carbocycles. The summed E-state index contributed by atoms with van der Waals surface area (Å²) in [5.74, 6) is 0.545. The normalized spacial score (nSPS) is 18.9. The summed E-state index contributed by atoms with van der Waals surface area (Å²) in [6.45, 7) is 13.0. The maximum absolute atomic E-state index is 13.2. The van der Waals surface area contributed by atoms with Gasteiger partial charge in [-0.1, -0.05) is 0 Å². The Morgan fingerprint density at radius 3 is 2.18 bits per heavy atom. The molecule has 1 aromatic heterocycles. The number of carbonyl (C=O) groups is 2. The second-order valence-corrected chi connectivity index (χ2v) is 10.0. The molecular weight excluding hydrogens is 356 g/mol. The van der Waals surface area contributed by atoms with Crippen molar-refractivity contribution in [1.82, 2.24) is 20.0 Å². The molecule has 0 atom stereocenters. The van der Waals surface area contributed by atoms with Gasteiger partial charge in [0.25, 0.3) is 5.91 Å². The summed E-state index contributed by atoms with van der Waals surface area (Å²) in [6.07, 6.45) is 3.39. The second kappa shape index (κ2) is 7.41. The van der Waals surface area contributed by atoms with E-state index in [4.69, 9.17) is 9.84 Å². The molecule has 0 unspecified atom stereocenters. The fourth-order valence-corrected chi connectivity index (χ4v) is 3.50. The molecule has 0 bridgehead atoms. The number of hydrogen-bond donors (Lipinski definition) is 1. The van der Waals surface area contributed by atoms with Gasteiger partial charge in [-0.2, -0.15) is 5.10 Å². The van der Waals surface area contributed by atoms with Gasteiger partial charge in [-0.25, -0.2) is 4.79 Å². The van der Waals surface area contributed by atoms with Crippen LogP contribution in [0.3, 0.4) is 0 Å². The van der Waals surface area contributed by atoms with E-state index >= 15 is 0 Å². The Hall–Kier alpha value is -2.05. The van der Waals surface area contributed by atoms with Crippen LogP contribution in [0, 0.1) is 0 Å². The number of hydrogen-bond acceptors (Lipinski definition) is 4. The lowest BCUT2D eigenvalue weighted by Crippen LogP contribution is -2.48. The van der Waals surface area contributed by atoms with E-state index in [0.717, 1.165) is 31.4 Å². The number of amides is 2. The summed E-state index contributed by atoms with van der Waals surface area (Å²) in [5, 5.41) is 7.66. The zero-order valence-electron chi connectivity index (χ0n) is 18.0. The minimum absolute atomic E-state index is 0.0324. The summed E-state index contributed by atoms with van der Waals surface area (Å²) in [6, 6.07) is 2.02. The van der Waals surface area contributed by atoms with Crippen molar-refractivity contribution in [2.75, 3.05) is 13.1 Å². The molecule has 2 aliphatic rings. The molecule has 0 radical (unpaired) electrons. The maximum Gasteiger partial charge on any atom is 0.407 e. The van der Waals surface area contributed by atoms with Gasteiger partial charge in [0.1, 0.15) is 11.3 Å². The number of aromatic nitrogens is 2. The van der Waals surface area contributed by atoms with Gasteiger partial charge in [-0.3, -0.25) is 9.48 Å². The highest BCUT2D eigenvalue weighted by molar-refractivity contribution is 5.93. The van der Waals surface area contributed by atoms with Crippen LogP contribution in [-0.4, -0.2) is 51.4 Å². The van der Waals surface area contributed by atoms with Gasteiger partial charge in [0, 0.05) is 25.0 Å². The van der Waals surface area contributed by atoms with Gasteiger partial charge in [0.15, 0.2) is 0 Å². The number of rotatable bonds is 3. The Kier molecular flexibility index (Phi) is 5.47. The van der Waals surface area contributed by atoms with Crippen molar-refractivity contribution in [2.24, 2.45) is 0 Å². The molecule has 156 valence electrons. The first-order valence-corrected chi connectivity index (χ1v) is 10.3. The van der Waals surface area contributed by atoms with Crippen molar-refractivity contribution in [3.05, 3.63) is 17.5 Å². The van der Waals surface area contributed by atoms with E-state index in [1.807, 2.05) is 36.4 Å². The van der Waals surface area contributed by atoms with Gasteiger partial charge in [-0.05, 0) is 73.3 Å². The summed E-state index contributed by atoms with van der Waals surface area (Å²) in [4.78, 5) is 27.0. The SMILES string of the molecule is CC(C)(C)OC(=O)NC1CCN(C(=O)c2cc(C3CC3)nn2C(C)(C)C)CC1. The van der Waals surface area contributed by atoms with Crippen molar-refractivity contribution < 1.29 is 14.3 Å². The Balaban J connectivity index is 1.62. The molecule has 2 heterocycles. The zero-order chi connectivity index (χ0) is 20.7. The monoisotopic (exact) mass is 390 g/mol. The lowest BCUT2D eigenvalue weighted by atomic mass is 10.0. The third-order valence-electron chi connectivity index (χ3n) is 5.08. The van der Waals surface area contributed by atoms with E-state index < -0.39 is 11.7 Å². The zero-order valence-corrected chi connectivity index (χ0v) is 18.0. The molecule has 7 nitrogen and oxygen atoms in total. The van der Waals surface area contributed by atoms with Crippen LogP contribution in [-0.2, 0) is 10.3 Å². The smallest absolute Gasteiger partial charge is 0.407 e. The molecule has 2 amide bonds. The van der Waals surface area contributed by atoms with Gasteiger partial charge >= 0.3 is 6.09 Å². The maximum atomic E-state index is 13.2. The first-order chi connectivity index (χ1) is 12.9. The molecule has 1 aliphatic carbocycles. The Labute approximate surface area is 167 Å². The number of nitrogens with one attached hydrogen (secondary N) is 1. The van der Waals surface area contributed by atoms with Gasteiger partial charge in [-0.15, -0.1) is 0 Å². The quantitative estimate of drug-likeness (QED) is 0.855. The molecule has 1 aromatic rings. The van der Waals surface area contributed by atoms with Crippen molar-refractivity contribution in [1.29, 1.82) is 0 Å². The Bertz CT molecular complexity index is 730. The third kappa shape index (κ3) is 5.06. The van der Waals surface area contributed by atoms with E-state index in [1.165, 1.54) is 0 Å². The number of carbonyl (C=O) groups excluding carboxylic acids is 2. The van der Waals surface area contributed by atoms with Crippen LogP contribution in [0.4, 0.5) is 4.79 Å². The first kappa shape index (κ1) is 20.7. The minimum Gasteiger partial charge on any atom is -0.444 e. The van der Waals surface area contributed by atoms with Gasteiger partial charge in [0.05, 0.1) is 11.2 Å². The minimum atomic E-state index is -0.509. The average Bonchev–Trinajstić information content (AvgIpc) is 3.30. The predicted octanol–water partition coefficient (Wildman–Crippen LogP) is 3.64. The van der Waals surface area contributed by atoms with E-state index in [2.05, 4.69) is 26.1 Å². The van der Waals surface area contributed by atoms with Crippen LogP contribution in [0.25, 0.3) is 0 Å². The van der Waals surface area contributed by atoms with Gasteiger partial charge in [0.2, 0.25) is 0 Å². The van der Waals surface area contributed by atoms with Crippen LogP contribution in [0.1, 0.15) is 89.3 Å². The summed E-state index contributed by atoms with van der Waals surface area (Å²) in [7, 11) is 0. The van der Waals surface area contributed by atoms with Crippen molar-refractivity contribution in [3.8, 4) is 0 Å². The second-order valence-electron chi connectivity index (χ2n) is 10.0. The molecule has 3 rings (SSSR count). The first-order valence-electron chi connectivity index (χ1n) is 10.3. The van der Waals surface area contributed by atoms with Crippen LogP contribution in [0.5, 0.6) is 0 Å². The summed E-state index contributed by atoms with van der Waals surface area (Å²) >= 11 is 0. The Morgan fingerprint density at radius 2 is 1.68 bits per heavy atom. The average molecular weight is 391 g/mol. The van der Waals surface area contributed by atoms with Crippen LogP contribution in [0.15, 0.2) is 6.07 Å². The topological polar surface area (TPSA) is 76.5 Å². The van der Waals surface area contributed by atoms with Crippen molar-refractivity contribution >= 4 is 12.0 Å². The number of nitrogens with zero attached hydrogens (tertiary/aromatic N) is 3. The van der Waals surface area contributed by atoms with E-state index in [0.29, 0.717) is 24.7 Å². The van der Waals surface area contributed by atoms with E-state index in [-0.39, 0.29) is 17.5 Å². The summed E-state index contributed by atoms with van der Waals surface area (Å²) in [5.41, 5.74) is 0.966. The highest BCUT2D eigenvalue weighted by atomic mass is 16.6. The van der Waals surface area contributed by atoms with Crippen LogP contribution < -0.4 is 5.32 Å². The van der Waals surface area contributed by atoms with E-state index in [1.54, 1.807) is 0 Å². The Morgan fingerprint density at radius 1 is 1.07 bits per heavy atom. The highest BCUT2D eigenvalue weighted by Gasteiger charge is 2.34. The molecular formula is C21H34N4O3. The van der Waals surface area contributed by atoms with E-state index in [9.17, 15) is 9.59 Å². The third-order valence-corrected chi connectivity index (χ3v) is 5.08. The fraction of sp³-hybridized carbons (Fsp3) is 0.762. The van der Waals surface area contributed by atoms with Crippen LogP contribution in [0.2, 0.25) is 0 Å². The van der Waals surface area contributed by atoms with Crippen LogP contribution >= 0.6 is 0 Å². The number of piperidine rings is 1. The molecule has 28 heavy (non-hydrogen) atoms. The van der Waals surface area contributed by atoms with Gasteiger partial charge < -0.3 is 15.0 Å². The number of likely N-dealkylation sites (tertiary alicyclic amines) is 1. The molecule has 1 saturated carbocycles. The predicted molar refractivity (Wildman–Crippen MR) is 107 cm³/mol. The largest absolute Gasteiger partial charge is 0.444 e. The van der Waals surface area contributed by atoms with Crippen molar-refractivity contribution in [2.45, 2.75) is 90.3 Å². The molecule has 2 fully saturated rings. The molecule has 0 spiro atoms. The lowest BCUT2D eigenvalue weighted by molar-refractivity contribution is 0.0472. The number of alkyl carbamates (subject to hydrolysis) is 1.